The number of phenols is 1. The Hall–Kier alpha value is -5.92. The first-order chi connectivity index (χ1) is 26.8. The van der Waals surface area contributed by atoms with Crippen molar-refractivity contribution in [1.82, 2.24) is 5.01 Å². The number of aromatic hydroxyl groups is 1. The van der Waals surface area contributed by atoms with Crippen LogP contribution >= 0.6 is 0 Å². The monoisotopic (exact) mass is 787 g/mol. The molecule has 4 aromatic rings. The maximum absolute atomic E-state index is 15.3. The molecule has 0 bridgehead atoms. The molecule has 2 aliphatic carbocycles. The number of amides is 4. The molecule has 4 aromatic carbocycles. The number of carbonyl (C=O) groups is 4. The Labute approximate surface area is 322 Å². The fourth-order valence-electron chi connectivity index (χ4n) is 9.60. The van der Waals surface area contributed by atoms with E-state index in [0.717, 1.165) is 10.6 Å². The number of aryl methyl sites for hydroxylation is 3. The molecule has 2 heterocycles. The van der Waals surface area contributed by atoms with E-state index in [4.69, 9.17) is 0 Å². The molecule has 2 aliphatic heterocycles. The fraction of sp³-hybridized carbons (Fsp3) is 0.302. The Morgan fingerprint density at radius 1 is 0.737 bits per heavy atom. The van der Waals surface area contributed by atoms with Gasteiger partial charge >= 0.3 is 12.4 Å². The molecule has 6 atom stereocenters. The molecule has 0 aromatic heterocycles. The Kier molecular flexibility index (Phi) is 8.71. The van der Waals surface area contributed by atoms with Crippen molar-refractivity contribution in [3.8, 4) is 5.75 Å². The van der Waals surface area contributed by atoms with Crippen LogP contribution < -0.4 is 10.3 Å². The molecule has 0 radical (unpaired) electrons. The molecule has 4 amide bonds. The topological polar surface area (TPSA) is 107 Å². The first-order valence-corrected chi connectivity index (χ1v) is 18.3. The zero-order valence-electron chi connectivity index (χ0n) is 30.7. The Morgan fingerprint density at radius 3 is 1.91 bits per heavy atom. The SMILES string of the molecule is Cc1ccc(NN2C(=O)[C@@H]3C[C@@H]4C(=CC[C@@H]5C(=O)N(c6cc(C(F)(F)F)cc(C(F)(F)F)c6)C(=O)[C@@H]54)[C@H](c4cc(C)c(O)c(C)c4)[C@]3(c3ccccc3)C2=O)cc1. The number of alkyl halides is 6. The Balaban J connectivity index is 1.31. The summed E-state index contributed by atoms with van der Waals surface area (Å²) in [5, 5.41) is 11.8. The van der Waals surface area contributed by atoms with E-state index in [1.54, 1.807) is 86.7 Å². The van der Waals surface area contributed by atoms with Crippen LogP contribution in [-0.4, -0.2) is 33.7 Å². The molecule has 2 saturated heterocycles. The lowest BCUT2D eigenvalue weighted by atomic mass is 9.49. The van der Waals surface area contributed by atoms with Crippen molar-refractivity contribution in [1.29, 1.82) is 0 Å². The summed E-state index contributed by atoms with van der Waals surface area (Å²) in [6.07, 6.45) is -8.99. The molecule has 8 nitrogen and oxygen atoms in total. The first kappa shape index (κ1) is 38.0. The third-order valence-corrected chi connectivity index (χ3v) is 12.1. The molecule has 14 heteroatoms. The predicted octanol–water partition coefficient (Wildman–Crippen LogP) is 8.54. The molecule has 57 heavy (non-hydrogen) atoms. The standard InChI is InChI=1S/C43H35F6N3O5/c1-21-9-11-28(12-10-21)50-52-38(55)33-20-32-30(35(24-15-22(2)36(53)23(3)16-24)41(33,40(52)57)25-7-5-4-6-8-25)13-14-31-34(32)39(56)51(37(31)54)29-18-26(42(44,45)46)17-27(19-29)43(47,48)49/h4-13,15-19,31-35,50,53H,14,20H2,1-3H3/t31-,32+,33-,34-,35-,41+/m0/s1. The third kappa shape index (κ3) is 5.82. The van der Waals surface area contributed by atoms with Gasteiger partial charge in [0.1, 0.15) is 5.75 Å². The van der Waals surface area contributed by atoms with E-state index in [9.17, 15) is 45.8 Å². The maximum atomic E-state index is 15.3. The lowest BCUT2D eigenvalue weighted by Crippen LogP contribution is -2.53. The predicted molar refractivity (Wildman–Crippen MR) is 195 cm³/mol. The van der Waals surface area contributed by atoms with Crippen molar-refractivity contribution < 1.29 is 50.6 Å². The minimum absolute atomic E-state index is 0.0112. The third-order valence-electron chi connectivity index (χ3n) is 12.1. The summed E-state index contributed by atoms with van der Waals surface area (Å²) in [7, 11) is 0. The van der Waals surface area contributed by atoms with Gasteiger partial charge in [-0.3, -0.25) is 24.6 Å². The van der Waals surface area contributed by atoms with Gasteiger partial charge in [-0.05, 0) is 92.1 Å². The first-order valence-electron chi connectivity index (χ1n) is 18.3. The minimum Gasteiger partial charge on any atom is -0.507 e. The van der Waals surface area contributed by atoms with E-state index in [2.05, 4.69) is 5.43 Å². The van der Waals surface area contributed by atoms with Crippen molar-refractivity contribution in [3.05, 3.63) is 136 Å². The van der Waals surface area contributed by atoms with Crippen LogP contribution in [0.3, 0.4) is 0 Å². The van der Waals surface area contributed by atoms with Gasteiger partial charge in [-0.25, -0.2) is 4.90 Å². The van der Waals surface area contributed by atoms with Crippen LogP contribution in [0.15, 0.2) is 96.6 Å². The molecule has 1 saturated carbocycles. The summed E-state index contributed by atoms with van der Waals surface area (Å²) in [5.74, 6) is -8.66. The Morgan fingerprint density at radius 2 is 1.33 bits per heavy atom. The van der Waals surface area contributed by atoms with E-state index in [1.807, 2.05) is 6.92 Å². The van der Waals surface area contributed by atoms with Crippen LogP contribution in [0.1, 0.15) is 57.7 Å². The fourth-order valence-corrected chi connectivity index (χ4v) is 9.60. The number of imide groups is 2. The Bertz CT molecular complexity index is 2340. The zero-order valence-corrected chi connectivity index (χ0v) is 30.7. The number of allylic oxidation sites excluding steroid dienone is 2. The highest BCUT2D eigenvalue weighted by Crippen LogP contribution is 2.64. The largest absolute Gasteiger partial charge is 0.507 e. The van der Waals surface area contributed by atoms with Crippen molar-refractivity contribution in [3.63, 3.8) is 0 Å². The van der Waals surface area contributed by atoms with Gasteiger partial charge in [-0.2, -0.15) is 31.4 Å². The van der Waals surface area contributed by atoms with Crippen LogP contribution in [0.5, 0.6) is 5.75 Å². The van der Waals surface area contributed by atoms with E-state index in [0.29, 0.717) is 50.5 Å². The second-order valence-electron chi connectivity index (χ2n) is 15.4. The van der Waals surface area contributed by atoms with Gasteiger partial charge in [0.2, 0.25) is 11.8 Å². The van der Waals surface area contributed by atoms with Gasteiger partial charge in [0, 0.05) is 5.92 Å². The summed E-state index contributed by atoms with van der Waals surface area (Å²) >= 11 is 0. The number of nitrogens with zero attached hydrogens (tertiary/aromatic N) is 2. The second kappa shape index (κ2) is 13.1. The van der Waals surface area contributed by atoms with Crippen molar-refractivity contribution >= 4 is 35.0 Å². The molecule has 294 valence electrons. The molecular weight excluding hydrogens is 752 g/mol. The summed E-state index contributed by atoms with van der Waals surface area (Å²) in [6, 6.07) is 19.8. The number of hydrazine groups is 1. The van der Waals surface area contributed by atoms with Crippen molar-refractivity contribution in [2.75, 3.05) is 10.3 Å². The van der Waals surface area contributed by atoms with Crippen molar-refractivity contribution in [2.24, 2.45) is 23.7 Å². The molecule has 8 rings (SSSR count). The second-order valence-corrected chi connectivity index (χ2v) is 15.4. The average molecular weight is 788 g/mol. The highest BCUT2D eigenvalue weighted by molar-refractivity contribution is 6.22. The lowest BCUT2D eigenvalue weighted by molar-refractivity contribution is -0.143. The summed E-state index contributed by atoms with van der Waals surface area (Å²) in [4.78, 5) is 59.2. The number of carbonyl (C=O) groups excluding carboxylic acids is 4. The summed E-state index contributed by atoms with van der Waals surface area (Å²) < 4.78 is 83.6. The van der Waals surface area contributed by atoms with Crippen LogP contribution in [-0.2, 0) is 36.9 Å². The van der Waals surface area contributed by atoms with Crippen molar-refractivity contribution in [2.45, 2.75) is 57.3 Å². The maximum Gasteiger partial charge on any atom is 0.416 e. The van der Waals surface area contributed by atoms with Crippen LogP contribution in [0, 0.1) is 44.4 Å². The number of hydrogen-bond acceptors (Lipinski definition) is 6. The molecule has 3 fully saturated rings. The van der Waals surface area contributed by atoms with Gasteiger partial charge in [0.15, 0.2) is 0 Å². The number of fused-ring (bicyclic) bond motifs is 4. The highest BCUT2D eigenvalue weighted by atomic mass is 19.4. The number of nitrogens with one attached hydrogen (secondary N) is 1. The number of rotatable bonds is 5. The highest BCUT2D eigenvalue weighted by Gasteiger charge is 2.70. The smallest absolute Gasteiger partial charge is 0.416 e. The van der Waals surface area contributed by atoms with E-state index >= 15 is 4.79 Å². The lowest BCUT2D eigenvalue weighted by Gasteiger charge is -2.50. The number of phenolic OH excluding ortho intramolecular Hbond substituents is 1. The van der Waals surface area contributed by atoms with E-state index in [-0.39, 0.29) is 24.7 Å². The molecule has 0 spiro atoms. The van der Waals surface area contributed by atoms with Gasteiger partial charge in [-0.15, -0.1) is 0 Å². The van der Waals surface area contributed by atoms with E-state index in [1.165, 1.54) is 0 Å². The quantitative estimate of drug-likeness (QED) is 0.119. The number of anilines is 2. The molecule has 0 unspecified atom stereocenters. The van der Waals surface area contributed by atoms with E-state index < -0.39 is 87.8 Å². The zero-order chi connectivity index (χ0) is 40.9. The van der Waals surface area contributed by atoms with Gasteiger partial charge < -0.3 is 5.11 Å². The number of halogens is 6. The van der Waals surface area contributed by atoms with Crippen LogP contribution in [0.25, 0.3) is 0 Å². The molecule has 2 N–H and O–H groups in total. The van der Waals surface area contributed by atoms with Gasteiger partial charge in [-0.1, -0.05) is 71.8 Å². The number of benzene rings is 4. The molecular formula is C43H35F6N3O5. The van der Waals surface area contributed by atoms with Gasteiger partial charge in [0.25, 0.3) is 11.8 Å². The number of hydrogen-bond donors (Lipinski definition) is 2. The van der Waals surface area contributed by atoms with Crippen LogP contribution in [0.2, 0.25) is 0 Å². The summed E-state index contributed by atoms with van der Waals surface area (Å²) in [6.45, 7) is 5.23. The average Bonchev–Trinajstić information content (AvgIpc) is 3.54. The minimum atomic E-state index is -5.23. The van der Waals surface area contributed by atoms with Crippen LogP contribution in [0.4, 0.5) is 37.7 Å². The summed E-state index contributed by atoms with van der Waals surface area (Å²) in [5.41, 5.74) is 1.01. The normalized spacial score (nSPS) is 26.0. The molecule has 4 aliphatic rings. The van der Waals surface area contributed by atoms with Gasteiger partial charge in [0.05, 0.1) is 45.7 Å².